The van der Waals surface area contributed by atoms with Crippen LogP contribution in [0.5, 0.6) is 5.75 Å². The SMILES string of the molecule is CC1CN(C(=O)Nc2ccccc2Cl)c2ccc(-c3ccc([C@H]4CC[C@H](CC(=O)O)CC4)cc3)cc2O1. The van der Waals surface area contributed by atoms with Crippen LogP contribution >= 0.6 is 11.6 Å². The molecule has 37 heavy (non-hydrogen) atoms. The predicted molar refractivity (Wildman–Crippen MR) is 147 cm³/mol. The van der Waals surface area contributed by atoms with Crippen molar-refractivity contribution in [3.63, 3.8) is 0 Å². The van der Waals surface area contributed by atoms with Crippen molar-refractivity contribution in [3.05, 3.63) is 77.3 Å². The Kier molecular flexibility index (Phi) is 7.38. The van der Waals surface area contributed by atoms with Crippen molar-refractivity contribution in [1.29, 1.82) is 0 Å². The summed E-state index contributed by atoms with van der Waals surface area (Å²) in [5, 5.41) is 12.4. The van der Waals surface area contributed by atoms with E-state index >= 15 is 0 Å². The molecule has 1 saturated carbocycles. The number of anilines is 2. The molecule has 2 amide bonds. The number of carbonyl (C=O) groups is 2. The number of hydrogen-bond acceptors (Lipinski definition) is 3. The van der Waals surface area contributed by atoms with E-state index in [0.717, 1.165) is 42.5 Å². The Morgan fingerprint density at radius 2 is 1.70 bits per heavy atom. The largest absolute Gasteiger partial charge is 0.487 e. The number of carboxylic acid groups (broad SMARTS) is 1. The van der Waals surface area contributed by atoms with E-state index in [4.69, 9.17) is 21.4 Å². The van der Waals surface area contributed by atoms with E-state index in [-0.39, 0.29) is 18.6 Å². The molecule has 2 aliphatic rings. The lowest BCUT2D eigenvalue weighted by Gasteiger charge is -2.33. The summed E-state index contributed by atoms with van der Waals surface area (Å²) in [6, 6.07) is 21.5. The summed E-state index contributed by atoms with van der Waals surface area (Å²) < 4.78 is 6.12. The maximum Gasteiger partial charge on any atom is 0.326 e. The van der Waals surface area contributed by atoms with Crippen LogP contribution in [0, 0.1) is 5.92 Å². The van der Waals surface area contributed by atoms with Crippen LogP contribution in [0.3, 0.4) is 0 Å². The Labute approximate surface area is 222 Å². The molecule has 0 radical (unpaired) electrons. The molecular formula is C30H31ClN2O4. The predicted octanol–water partition coefficient (Wildman–Crippen LogP) is 7.57. The maximum absolute atomic E-state index is 13.1. The van der Waals surface area contributed by atoms with Crippen molar-refractivity contribution < 1.29 is 19.4 Å². The first-order valence-electron chi connectivity index (χ1n) is 12.8. The average molecular weight is 519 g/mol. The number of hydrogen-bond donors (Lipinski definition) is 2. The molecule has 1 aliphatic heterocycles. The van der Waals surface area contributed by atoms with Crippen molar-refractivity contribution in [2.75, 3.05) is 16.8 Å². The van der Waals surface area contributed by atoms with E-state index in [1.807, 2.05) is 37.3 Å². The number of nitrogens with zero attached hydrogens (tertiary/aromatic N) is 1. The van der Waals surface area contributed by atoms with E-state index in [1.54, 1.807) is 17.0 Å². The van der Waals surface area contributed by atoms with Crippen LogP contribution in [0.4, 0.5) is 16.2 Å². The number of ether oxygens (including phenoxy) is 1. The second-order valence-corrected chi connectivity index (χ2v) is 10.5. The molecule has 3 aromatic carbocycles. The number of urea groups is 1. The van der Waals surface area contributed by atoms with Crippen LogP contribution in [0.25, 0.3) is 11.1 Å². The van der Waals surface area contributed by atoms with Gasteiger partial charge in [0.15, 0.2) is 0 Å². The highest BCUT2D eigenvalue weighted by molar-refractivity contribution is 6.33. The van der Waals surface area contributed by atoms with E-state index < -0.39 is 5.97 Å². The van der Waals surface area contributed by atoms with Crippen molar-refractivity contribution in [3.8, 4) is 16.9 Å². The summed E-state index contributed by atoms with van der Waals surface area (Å²) in [4.78, 5) is 25.8. The van der Waals surface area contributed by atoms with Crippen molar-refractivity contribution in [1.82, 2.24) is 0 Å². The monoisotopic (exact) mass is 518 g/mol. The van der Waals surface area contributed by atoms with Gasteiger partial charge in [-0.15, -0.1) is 0 Å². The van der Waals surface area contributed by atoms with Gasteiger partial charge in [-0.2, -0.15) is 0 Å². The van der Waals surface area contributed by atoms with Crippen molar-refractivity contribution in [2.45, 2.75) is 51.0 Å². The molecule has 0 aromatic heterocycles. The molecule has 7 heteroatoms. The first kappa shape index (κ1) is 25.2. The standard InChI is InChI=1S/C30H31ClN2O4/c1-19-18-33(30(36)32-26-5-3-2-4-25(26)31)27-15-14-24(17-28(27)37-19)23-12-10-22(11-13-23)21-8-6-20(7-9-21)16-29(34)35/h2-5,10-15,17,19-21H,6-9,16,18H2,1H3,(H,32,36)(H,34,35)/t19?,20-,21-. The van der Waals surface area contributed by atoms with Gasteiger partial charge in [-0.25, -0.2) is 4.79 Å². The highest BCUT2D eigenvalue weighted by atomic mass is 35.5. The highest BCUT2D eigenvalue weighted by Crippen LogP contribution is 2.40. The lowest BCUT2D eigenvalue weighted by molar-refractivity contribution is -0.138. The van der Waals surface area contributed by atoms with E-state index in [2.05, 4.69) is 29.6 Å². The third kappa shape index (κ3) is 5.75. The van der Waals surface area contributed by atoms with E-state index in [1.165, 1.54) is 5.56 Å². The molecule has 0 saturated heterocycles. The van der Waals surface area contributed by atoms with Crippen LogP contribution in [-0.2, 0) is 4.79 Å². The van der Waals surface area contributed by atoms with Crippen molar-refractivity contribution >= 4 is 35.0 Å². The Hall–Kier alpha value is -3.51. The smallest absolute Gasteiger partial charge is 0.326 e. The van der Waals surface area contributed by atoms with Crippen LogP contribution in [-0.4, -0.2) is 29.8 Å². The third-order valence-electron chi connectivity index (χ3n) is 7.40. The van der Waals surface area contributed by atoms with Crippen LogP contribution in [0.2, 0.25) is 5.02 Å². The Bertz CT molecular complexity index is 1280. The molecule has 0 bridgehead atoms. The normalized spacial score (nSPS) is 21.0. The fraction of sp³-hybridized carbons (Fsp3) is 0.333. The fourth-order valence-corrected chi connectivity index (χ4v) is 5.64. The van der Waals surface area contributed by atoms with Gasteiger partial charge >= 0.3 is 12.0 Å². The van der Waals surface area contributed by atoms with Gasteiger partial charge in [-0.3, -0.25) is 9.69 Å². The number of rotatable bonds is 5. The van der Waals surface area contributed by atoms with Gasteiger partial charge < -0.3 is 15.2 Å². The van der Waals surface area contributed by atoms with Gasteiger partial charge in [0.25, 0.3) is 0 Å². The lowest BCUT2D eigenvalue weighted by Crippen LogP contribution is -2.44. The molecule has 1 heterocycles. The summed E-state index contributed by atoms with van der Waals surface area (Å²) >= 11 is 6.23. The topological polar surface area (TPSA) is 78.9 Å². The van der Waals surface area contributed by atoms with Gasteiger partial charge in [0.2, 0.25) is 0 Å². The number of fused-ring (bicyclic) bond motifs is 1. The summed E-state index contributed by atoms with van der Waals surface area (Å²) in [5.41, 5.74) is 4.71. The Morgan fingerprint density at radius 3 is 2.41 bits per heavy atom. The van der Waals surface area contributed by atoms with E-state index in [0.29, 0.717) is 34.8 Å². The molecule has 192 valence electrons. The minimum Gasteiger partial charge on any atom is -0.487 e. The number of carboxylic acids is 1. The van der Waals surface area contributed by atoms with E-state index in [9.17, 15) is 9.59 Å². The maximum atomic E-state index is 13.1. The van der Waals surface area contributed by atoms with Gasteiger partial charge in [0.1, 0.15) is 11.9 Å². The van der Waals surface area contributed by atoms with Crippen molar-refractivity contribution in [2.24, 2.45) is 5.92 Å². The first-order chi connectivity index (χ1) is 17.9. The number of halogens is 1. The van der Waals surface area contributed by atoms with Crippen LogP contribution in [0.1, 0.15) is 50.5 Å². The highest BCUT2D eigenvalue weighted by Gasteiger charge is 2.29. The zero-order valence-corrected chi connectivity index (χ0v) is 21.6. The molecule has 1 atom stereocenters. The number of amides is 2. The minimum atomic E-state index is -0.694. The molecule has 2 N–H and O–H groups in total. The van der Waals surface area contributed by atoms with Crippen LogP contribution < -0.4 is 15.0 Å². The number of aliphatic carboxylic acids is 1. The number of para-hydroxylation sites is 1. The quantitative estimate of drug-likeness (QED) is 0.365. The molecule has 3 aromatic rings. The Balaban J connectivity index is 1.30. The number of benzene rings is 3. The second-order valence-electron chi connectivity index (χ2n) is 10.1. The third-order valence-corrected chi connectivity index (χ3v) is 7.73. The zero-order chi connectivity index (χ0) is 25.9. The molecule has 5 rings (SSSR count). The van der Waals surface area contributed by atoms with Gasteiger partial charge in [-0.1, -0.05) is 54.1 Å². The summed E-state index contributed by atoms with van der Waals surface area (Å²) in [6.07, 6.45) is 4.14. The fourth-order valence-electron chi connectivity index (χ4n) is 5.45. The first-order valence-corrected chi connectivity index (χ1v) is 13.2. The average Bonchev–Trinajstić information content (AvgIpc) is 2.89. The molecule has 1 unspecified atom stereocenters. The summed E-state index contributed by atoms with van der Waals surface area (Å²) in [6.45, 7) is 2.39. The second kappa shape index (κ2) is 10.9. The molecule has 1 aliphatic carbocycles. The zero-order valence-electron chi connectivity index (χ0n) is 20.8. The molecule has 0 spiro atoms. The molecule has 1 fully saturated rings. The molecular weight excluding hydrogens is 488 g/mol. The summed E-state index contributed by atoms with van der Waals surface area (Å²) in [7, 11) is 0. The van der Waals surface area contributed by atoms with Gasteiger partial charge in [0, 0.05) is 6.42 Å². The lowest BCUT2D eigenvalue weighted by atomic mass is 9.77. The minimum absolute atomic E-state index is 0.154. The Morgan fingerprint density at radius 1 is 1.00 bits per heavy atom. The van der Waals surface area contributed by atoms with Crippen LogP contribution in [0.15, 0.2) is 66.7 Å². The molecule has 6 nitrogen and oxygen atoms in total. The number of nitrogens with one attached hydrogen (secondary N) is 1. The number of carbonyl (C=O) groups excluding carboxylic acids is 1. The van der Waals surface area contributed by atoms with Gasteiger partial charge in [0.05, 0.1) is 22.9 Å². The van der Waals surface area contributed by atoms with Gasteiger partial charge in [-0.05, 0) is 85.4 Å². The summed E-state index contributed by atoms with van der Waals surface area (Å²) in [5.74, 6) is 0.765.